The summed E-state index contributed by atoms with van der Waals surface area (Å²) < 4.78 is 0. The van der Waals surface area contributed by atoms with E-state index in [-0.39, 0.29) is 11.7 Å². The van der Waals surface area contributed by atoms with Crippen molar-refractivity contribution in [1.29, 1.82) is 0 Å². The van der Waals surface area contributed by atoms with Gasteiger partial charge in [0.05, 0.1) is 22.8 Å². The van der Waals surface area contributed by atoms with Gasteiger partial charge < -0.3 is 5.32 Å². The van der Waals surface area contributed by atoms with Crippen molar-refractivity contribution in [2.75, 3.05) is 11.9 Å². The Morgan fingerprint density at radius 3 is 2.39 bits per heavy atom. The first-order valence-corrected chi connectivity index (χ1v) is 11.6. The molecular weight excluding hydrogens is 430 g/mol. The van der Waals surface area contributed by atoms with Gasteiger partial charge in [0, 0.05) is 12.1 Å². The molecule has 1 aliphatic heterocycles. The minimum atomic E-state index is -0.0841. The predicted molar refractivity (Wildman–Crippen MR) is 137 cm³/mol. The SMILES string of the molecule is CCNc1ccc(C(C)=O)cc1N=C1SC(=Cc2ccccc2)C(=O)N1Cc1ccccc1. The fourth-order valence-electron chi connectivity index (χ4n) is 3.48. The van der Waals surface area contributed by atoms with E-state index in [2.05, 4.69) is 5.32 Å². The summed E-state index contributed by atoms with van der Waals surface area (Å²) in [5.41, 5.74) is 4.02. The smallest absolute Gasteiger partial charge is 0.267 e. The van der Waals surface area contributed by atoms with Crippen LogP contribution in [0.2, 0.25) is 0 Å². The molecule has 166 valence electrons. The number of ketones is 1. The van der Waals surface area contributed by atoms with Gasteiger partial charge >= 0.3 is 0 Å². The molecule has 33 heavy (non-hydrogen) atoms. The average Bonchev–Trinajstić information content (AvgIpc) is 3.10. The highest BCUT2D eigenvalue weighted by Gasteiger charge is 2.33. The van der Waals surface area contributed by atoms with Crippen molar-refractivity contribution in [2.45, 2.75) is 20.4 Å². The summed E-state index contributed by atoms with van der Waals surface area (Å²) in [6.45, 7) is 4.68. The average molecular weight is 456 g/mol. The molecule has 4 rings (SSSR count). The highest BCUT2D eigenvalue weighted by atomic mass is 32.2. The molecule has 5 nitrogen and oxygen atoms in total. The summed E-state index contributed by atoms with van der Waals surface area (Å²) >= 11 is 1.35. The number of aliphatic imine (C=N–C) groups is 1. The largest absolute Gasteiger partial charge is 0.384 e. The van der Waals surface area contributed by atoms with E-state index in [1.807, 2.05) is 79.7 Å². The van der Waals surface area contributed by atoms with E-state index in [0.29, 0.717) is 27.9 Å². The zero-order chi connectivity index (χ0) is 23.2. The van der Waals surface area contributed by atoms with Crippen LogP contribution in [-0.2, 0) is 11.3 Å². The third kappa shape index (κ3) is 5.41. The van der Waals surface area contributed by atoms with Gasteiger partial charge in [-0.05, 0) is 61.0 Å². The molecule has 1 N–H and O–H groups in total. The lowest BCUT2D eigenvalue weighted by Gasteiger charge is -2.16. The monoisotopic (exact) mass is 455 g/mol. The van der Waals surface area contributed by atoms with E-state index in [1.54, 1.807) is 17.0 Å². The topological polar surface area (TPSA) is 61.8 Å². The van der Waals surface area contributed by atoms with Crippen molar-refractivity contribution in [2.24, 2.45) is 4.99 Å². The Labute approximate surface area is 198 Å². The lowest BCUT2D eigenvalue weighted by molar-refractivity contribution is -0.122. The molecular formula is C27H25N3O2S. The number of hydrogen-bond donors (Lipinski definition) is 1. The number of thioether (sulfide) groups is 1. The molecule has 0 bridgehead atoms. The van der Waals surface area contributed by atoms with Crippen LogP contribution in [0.3, 0.4) is 0 Å². The Hall–Kier alpha value is -3.64. The van der Waals surface area contributed by atoms with Gasteiger partial charge in [-0.15, -0.1) is 0 Å². The van der Waals surface area contributed by atoms with Crippen molar-refractivity contribution < 1.29 is 9.59 Å². The number of amidine groups is 1. The van der Waals surface area contributed by atoms with Crippen LogP contribution < -0.4 is 5.32 Å². The standard InChI is InChI=1S/C27H25N3O2S/c1-3-28-23-15-14-22(19(2)31)17-24(23)29-27-30(18-21-12-8-5-9-13-21)26(32)25(33-27)16-20-10-6-4-7-11-20/h4-17,28H,3,18H2,1-2H3. The van der Waals surface area contributed by atoms with Crippen LogP contribution in [0.5, 0.6) is 0 Å². The molecule has 0 aliphatic carbocycles. The number of rotatable bonds is 7. The normalized spacial score (nSPS) is 15.9. The summed E-state index contributed by atoms with van der Waals surface area (Å²) in [6, 6.07) is 25.1. The lowest BCUT2D eigenvalue weighted by Crippen LogP contribution is -2.28. The first-order valence-electron chi connectivity index (χ1n) is 10.8. The van der Waals surface area contributed by atoms with Gasteiger partial charge in [0.15, 0.2) is 11.0 Å². The molecule has 0 aromatic heterocycles. The Morgan fingerprint density at radius 1 is 1.03 bits per heavy atom. The van der Waals surface area contributed by atoms with E-state index in [0.717, 1.165) is 23.4 Å². The Bertz CT molecular complexity index is 1220. The van der Waals surface area contributed by atoms with E-state index in [4.69, 9.17) is 4.99 Å². The molecule has 1 fully saturated rings. The van der Waals surface area contributed by atoms with Gasteiger partial charge in [-0.25, -0.2) is 4.99 Å². The summed E-state index contributed by atoms with van der Waals surface area (Å²) in [6.07, 6.45) is 1.89. The van der Waals surface area contributed by atoms with E-state index in [9.17, 15) is 9.59 Å². The third-order valence-corrected chi connectivity index (χ3v) is 6.16. The third-order valence-electron chi connectivity index (χ3n) is 5.16. The van der Waals surface area contributed by atoms with Crippen molar-refractivity contribution in [3.8, 4) is 0 Å². The van der Waals surface area contributed by atoms with Crippen molar-refractivity contribution in [3.05, 3.63) is 100 Å². The minimum Gasteiger partial charge on any atom is -0.384 e. The zero-order valence-electron chi connectivity index (χ0n) is 18.6. The second kappa shape index (κ2) is 10.3. The van der Waals surface area contributed by atoms with Crippen molar-refractivity contribution in [1.82, 2.24) is 4.90 Å². The van der Waals surface area contributed by atoms with Crippen LogP contribution in [0.4, 0.5) is 11.4 Å². The molecule has 1 saturated heterocycles. The summed E-state index contributed by atoms with van der Waals surface area (Å²) in [7, 11) is 0. The number of nitrogens with zero attached hydrogens (tertiary/aromatic N) is 2. The quantitative estimate of drug-likeness (QED) is 0.344. The van der Waals surface area contributed by atoms with Crippen molar-refractivity contribution >= 4 is 46.1 Å². The summed E-state index contributed by atoms with van der Waals surface area (Å²) in [5.74, 6) is -0.111. The number of benzene rings is 3. The van der Waals surface area contributed by atoms with Crippen LogP contribution in [-0.4, -0.2) is 28.3 Å². The second-order valence-corrected chi connectivity index (χ2v) is 8.62. The number of nitrogens with one attached hydrogen (secondary N) is 1. The number of hydrogen-bond acceptors (Lipinski definition) is 5. The molecule has 0 atom stereocenters. The lowest BCUT2D eigenvalue weighted by atomic mass is 10.1. The molecule has 0 radical (unpaired) electrons. The van der Waals surface area contributed by atoms with Crippen LogP contribution >= 0.6 is 11.8 Å². The van der Waals surface area contributed by atoms with E-state index < -0.39 is 0 Å². The fourth-order valence-corrected chi connectivity index (χ4v) is 4.47. The highest BCUT2D eigenvalue weighted by molar-refractivity contribution is 8.18. The maximum absolute atomic E-state index is 13.4. The molecule has 1 heterocycles. The van der Waals surface area contributed by atoms with Crippen LogP contribution in [0.15, 0.2) is 88.8 Å². The maximum Gasteiger partial charge on any atom is 0.267 e. The van der Waals surface area contributed by atoms with Crippen molar-refractivity contribution in [3.63, 3.8) is 0 Å². The summed E-state index contributed by atoms with van der Waals surface area (Å²) in [4.78, 5) is 32.5. The highest BCUT2D eigenvalue weighted by Crippen LogP contribution is 2.37. The zero-order valence-corrected chi connectivity index (χ0v) is 19.4. The molecule has 3 aromatic carbocycles. The van der Waals surface area contributed by atoms with Gasteiger partial charge in [0.1, 0.15) is 0 Å². The first-order chi connectivity index (χ1) is 16.0. The number of carbonyl (C=O) groups excluding carboxylic acids is 2. The Balaban J connectivity index is 1.77. The predicted octanol–water partition coefficient (Wildman–Crippen LogP) is 6.13. The Kier molecular flexibility index (Phi) is 7.05. The molecule has 1 aliphatic rings. The van der Waals surface area contributed by atoms with Crippen LogP contribution in [0.1, 0.15) is 35.3 Å². The van der Waals surface area contributed by atoms with Gasteiger partial charge in [-0.3, -0.25) is 14.5 Å². The van der Waals surface area contributed by atoms with Gasteiger partial charge in [-0.1, -0.05) is 60.7 Å². The molecule has 6 heteroatoms. The number of Topliss-reactive ketones (excluding diaryl/α,β-unsaturated/α-hetero) is 1. The second-order valence-electron chi connectivity index (χ2n) is 7.61. The van der Waals surface area contributed by atoms with Gasteiger partial charge in [-0.2, -0.15) is 0 Å². The summed E-state index contributed by atoms with van der Waals surface area (Å²) in [5, 5.41) is 3.89. The fraction of sp³-hybridized carbons (Fsp3) is 0.148. The van der Waals surface area contributed by atoms with Crippen LogP contribution in [0, 0.1) is 0 Å². The minimum absolute atomic E-state index is 0.0274. The van der Waals surface area contributed by atoms with E-state index >= 15 is 0 Å². The number of anilines is 1. The first kappa shape index (κ1) is 22.6. The Morgan fingerprint density at radius 2 is 1.73 bits per heavy atom. The van der Waals surface area contributed by atoms with Gasteiger partial charge in [0.25, 0.3) is 5.91 Å². The number of carbonyl (C=O) groups is 2. The maximum atomic E-state index is 13.4. The molecule has 3 aromatic rings. The molecule has 0 saturated carbocycles. The van der Waals surface area contributed by atoms with E-state index in [1.165, 1.54) is 18.7 Å². The molecule has 0 spiro atoms. The van der Waals surface area contributed by atoms with Gasteiger partial charge in [0.2, 0.25) is 0 Å². The van der Waals surface area contributed by atoms with Crippen LogP contribution in [0.25, 0.3) is 6.08 Å². The number of amides is 1. The molecule has 1 amide bonds. The molecule has 0 unspecified atom stereocenters.